The molecule has 0 aliphatic carbocycles. The second-order valence-corrected chi connectivity index (χ2v) is 9.58. The van der Waals surface area contributed by atoms with E-state index < -0.39 is 0 Å². The number of pyridine rings is 1. The summed E-state index contributed by atoms with van der Waals surface area (Å²) in [5.74, 6) is 1.24. The van der Waals surface area contributed by atoms with Gasteiger partial charge in [-0.15, -0.1) is 0 Å². The number of halogens is 1. The van der Waals surface area contributed by atoms with Crippen molar-refractivity contribution in [2.24, 2.45) is 17.0 Å². The molecule has 7 nitrogen and oxygen atoms in total. The van der Waals surface area contributed by atoms with Crippen molar-refractivity contribution in [2.75, 3.05) is 38.5 Å². The van der Waals surface area contributed by atoms with Crippen LogP contribution in [0.5, 0.6) is 0 Å². The average molecular weight is 484 g/mol. The number of amides is 1. The highest BCUT2D eigenvalue weighted by molar-refractivity contribution is 6.30. The summed E-state index contributed by atoms with van der Waals surface area (Å²) in [6.45, 7) is 6.69. The summed E-state index contributed by atoms with van der Waals surface area (Å²) in [5, 5.41) is 5.13. The largest absolute Gasteiger partial charge is 0.396 e. The first-order valence-electron chi connectivity index (χ1n) is 12.2. The predicted octanol–water partition coefficient (Wildman–Crippen LogP) is 4.21. The molecular formula is C26H34ClN5O2. The molecule has 182 valence electrons. The molecule has 8 heteroatoms. The lowest BCUT2D eigenvalue weighted by Crippen LogP contribution is -2.46. The van der Waals surface area contributed by atoms with Gasteiger partial charge in [0.1, 0.15) is 12.4 Å². The quantitative estimate of drug-likeness (QED) is 0.471. The van der Waals surface area contributed by atoms with E-state index in [1.54, 1.807) is 6.20 Å². The zero-order valence-corrected chi connectivity index (χ0v) is 20.6. The Bertz CT molecular complexity index is 981. The van der Waals surface area contributed by atoms with Crippen LogP contribution in [-0.4, -0.2) is 59.2 Å². The van der Waals surface area contributed by atoms with Crippen LogP contribution in [-0.2, 0) is 16.2 Å². The Morgan fingerprint density at radius 1 is 1.09 bits per heavy atom. The van der Waals surface area contributed by atoms with Crippen LogP contribution in [0.3, 0.4) is 0 Å². The minimum absolute atomic E-state index is 0.114. The molecule has 2 aliphatic heterocycles. The Kier molecular flexibility index (Phi) is 8.40. The van der Waals surface area contributed by atoms with Crippen LogP contribution < -0.4 is 5.73 Å². The van der Waals surface area contributed by atoms with Crippen LogP contribution in [0.4, 0.5) is 5.82 Å². The zero-order valence-electron chi connectivity index (χ0n) is 19.8. The van der Waals surface area contributed by atoms with Crippen molar-refractivity contribution in [1.82, 2.24) is 14.8 Å². The molecule has 1 amide bonds. The van der Waals surface area contributed by atoms with Crippen molar-refractivity contribution in [3.63, 3.8) is 0 Å². The molecule has 2 aliphatic rings. The molecule has 0 unspecified atom stereocenters. The highest BCUT2D eigenvalue weighted by Gasteiger charge is 2.32. The number of hydrogen-bond acceptors (Lipinski definition) is 6. The normalized spacial score (nSPS) is 18.8. The van der Waals surface area contributed by atoms with Gasteiger partial charge in [-0.05, 0) is 81.1 Å². The maximum atomic E-state index is 13.2. The van der Waals surface area contributed by atoms with Crippen molar-refractivity contribution in [2.45, 2.75) is 39.2 Å². The number of carbonyl (C=O) groups excluding carboxylic acids is 1. The molecule has 1 aromatic heterocycles. The molecule has 0 saturated carbocycles. The van der Waals surface area contributed by atoms with E-state index in [-0.39, 0.29) is 11.8 Å². The van der Waals surface area contributed by atoms with Gasteiger partial charge < -0.3 is 15.5 Å². The monoisotopic (exact) mass is 483 g/mol. The number of benzene rings is 1. The number of piperidine rings is 2. The van der Waals surface area contributed by atoms with Gasteiger partial charge in [-0.2, -0.15) is 0 Å². The van der Waals surface area contributed by atoms with Crippen LogP contribution in [0.2, 0.25) is 5.02 Å². The van der Waals surface area contributed by atoms with E-state index in [1.165, 1.54) is 5.56 Å². The minimum Gasteiger partial charge on any atom is -0.396 e. The van der Waals surface area contributed by atoms with E-state index in [1.807, 2.05) is 43.3 Å². The molecule has 0 atom stereocenters. The molecule has 4 rings (SSSR count). The number of nitrogens with two attached hydrogens (primary N) is 1. The highest BCUT2D eigenvalue weighted by atomic mass is 35.5. The van der Waals surface area contributed by atoms with Crippen LogP contribution in [0, 0.1) is 11.8 Å². The topological polar surface area (TPSA) is 84.0 Å². The first-order chi connectivity index (χ1) is 16.5. The third kappa shape index (κ3) is 6.27. The Morgan fingerprint density at radius 2 is 1.76 bits per heavy atom. The van der Waals surface area contributed by atoms with Gasteiger partial charge in [-0.3, -0.25) is 9.69 Å². The standard InChI is InChI=1S/C26H34ClN5O2/c1-2-34-30-25(20-3-5-23(27)6-4-20)21-10-15-32(16-11-21)26(33)22-8-13-31(14-9-22)18-19-7-12-29-24(28)17-19/h3-7,12,17,21-22H,2,8-11,13-16,18H2,1H3,(H2,28,29)/b30-25-. The minimum atomic E-state index is 0.114. The summed E-state index contributed by atoms with van der Waals surface area (Å²) < 4.78 is 0. The number of hydrogen-bond donors (Lipinski definition) is 1. The van der Waals surface area contributed by atoms with E-state index in [0.29, 0.717) is 23.4 Å². The third-order valence-electron chi connectivity index (χ3n) is 6.81. The van der Waals surface area contributed by atoms with E-state index in [2.05, 4.69) is 19.9 Å². The van der Waals surface area contributed by atoms with Crippen molar-refractivity contribution in [3.05, 3.63) is 58.7 Å². The summed E-state index contributed by atoms with van der Waals surface area (Å²) in [5.41, 5.74) is 8.96. The molecule has 2 N–H and O–H groups in total. The third-order valence-corrected chi connectivity index (χ3v) is 7.07. The summed E-state index contributed by atoms with van der Waals surface area (Å²) in [6, 6.07) is 11.7. The fourth-order valence-electron chi connectivity index (χ4n) is 4.94. The lowest BCUT2D eigenvalue weighted by Gasteiger charge is -2.37. The van der Waals surface area contributed by atoms with Crippen LogP contribution in [0.1, 0.15) is 43.7 Å². The maximum absolute atomic E-state index is 13.2. The fraction of sp³-hybridized carbons (Fsp3) is 0.500. The first kappa shape index (κ1) is 24.5. The van der Waals surface area contributed by atoms with Gasteiger partial charge in [0.05, 0.1) is 5.71 Å². The summed E-state index contributed by atoms with van der Waals surface area (Å²) >= 11 is 6.06. The number of nitrogen functional groups attached to an aromatic ring is 1. The molecular weight excluding hydrogens is 450 g/mol. The number of likely N-dealkylation sites (tertiary alicyclic amines) is 2. The molecule has 2 aromatic rings. The van der Waals surface area contributed by atoms with Crippen molar-refractivity contribution in [1.29, 1.82) is 0 Å². The Balaban J connectivity index is 1.29. The molecule has 34 heavy (non-hydrogen) atoms. The van der Waals surface area contributed by atoms with Gasteiger partial charge in [0.25, 0.3) is 0 Å². The van der Waals surface area contributed by atoms with Crippen LogP contribution in [0.15, 0.2) is 47.8 Å². The predicted molar refractivity (Wildman–Crippen MR) is 136 cm³/mol. The highest BCUT2D eigenvalue weighted by Crippen LogP contribution is 2.27. The molecule has 0 radical (unpaired) electrons. The molecule has 3 heterocycles. The summed E-state index contributed by atoms with van der Waals surface area (Å²) in [6.07, 6.45) is 5.34. The van der Waals surface area contributed by atoms with Crippen molar-refractivity contribution >= 4 is 29.0 Å². The number of oxime groups is 1. The number of rotatable bonds is 7. The average Bonchev–Trinajstić information content (AvgIpc) is 2.86. The lowest BCUT2D eigenvalue weighted by atomic mass is 9.87. The van der Waals surface area contributed by atoms with Gasteiger partial charge >= 0.3 is 0 Å². The van der Waals surface area contributed by atoms with E-state index in [9.17, 15) is 4.79 Å². The Morgan fingerprint density at radius 3 is 2.41 bits per heavy atom. The SMILES string of the molecule is CCO/N=C(/c1ccc(Cl)cc1)C1CCN(C(=O)C2CCN(Cc3ccnc(N)c3)CC2)CC1. The van der Waals surface area contributed by atoms with Crippen LogP contribution in [0.25, 0.3) is 0 Å². The van der Waals surface area contributed by atoms with Gasteiger partial charge in [0.2, 0.25) is 5.91 Å². The number of aromatic nitrogens is 1. The second kappa shape index (κ2) is 11.7. The fourth-order valence-corrected chi connectivity index (χ4v) is 5.06. The number of anilines is 1. The number of carbonyl (C=O) groups is 1. The van der Waals surface area contributed by atoms with E-state index in [4.69, 9.17) is 22.2 Å². The maximum Gasteiger partial charge on any atom is 0.225 e. The second-order valence-electron chi connectivity index (χ2n) is 9.14. The molecule has 2 fully saturated rings. The van der Waals surface area contributed by atoms with Crippen LogP contribution >= 0.6 is 11.6 Å². The smallest absolute Gasteiger partial charge is 0.225 e. The van der Waals surface area contributed by atoms with Gasteiger partial charge in [0, 0.05) is 42.7 Å². The van der Waals surface area contributed by atoms with Crippen molar-refractivity contribution < 1.29 is 9.63 Å². The summed E-state index contributed by atoms with van der Waals surface area (Å²) in [7, 11) is 0. The first-order valence-corrected chi connectivity index (χ1v) is 12.6. The lowest BCUT2D eigenvalue weighted by molar-refractivity contribution is -0.138. The summed E-state index contributed by atoms with van der Waals surface area (Å²) in [4.78, 5) is 27.2. The molecule has 2 saturated heterocycles. The zero-order chi connectivity index (χ0) is 23.9. The number of nitrogens with zero attached hydrogens (tertiary/aromatic N) is 4. The Labute approximate surface area is 206 Å². The van der Waals surface area contributed by atoms with Gasteiger partial charge in [0.15, 0.2) is 0 Å². The molecule has 0 spiro atoms. The molecule has 1 aromatic carbocycles. The van der Waals surface area contributed by atoms with Gasteiger partial charge in [-0.1, -0.05) is 28.9 Å². The Hall–Kier alpha value is -2.64. The van der Waals surface area contributed by atoms with E-state index >= 15 is 0 Å². The van der Waals surface area contributed by atoms with E-state index in [0.717, 1.165) is 69.7 Å². The van der Waals surface area contributed by atoms with Gasteiger partial charge in [-0.25, -0.2) is 4.98 Å². The van der Waals surface area contributed by atoms with Crippen molar-refractivity contribution in [3.8, 4) is 0 Å². The molecule has 0 bridgehead atoms.